The number of aliphatic carboxylic acids is 1. The van der Waals surface area contributed by atoms with Crippen LogP contribution in [-0.4, -0.2) is 194 Å². The second-order valence-corrected chi connectivity index (χ2v) is 23.2. The van der Waals surface area contributed by atoms with E-state index in [1.165, 1.54) is 14.2 Å². The van der Waals surface area contributed by atoms with Crippen LogP contribution >= 0.6 is 0 Å². The van der Waals surface area contributed by atoms with Crippen molar-refractivity contribution in [3.63, 3.8) is 0 Å². The summed E-state index contributed by atoms with van der Waals surface area (Å²) in [6, 6.07) is 2.94. The van der Waals surface area contributed by atoms with Gasteiger partial charge in [-0.2, -0.15) is 0 Å². The Morgan fingerprint density at radius 1 is 0.756 bits per heavy atom. The van der Waals surface area contributed by atoms with Crippen LogP contribution in [0.5, 0.6) is 0 Å². The fraction of sp³-hybridized carbons (Fsp3) is 0.741. The van der Waals surface area contributed by atoms with Crippen LogP contribution in [0.15, 0.2) is 29.4 Å². The molecule has 1 aromatic rings. The van der Waals surface area contributed by atoms with Gasteiger partial charge in [-0.1, -0.05) is 92.4 Å². The van der Waals surface area contributed by atoms with Gasteiger partial charge in [0.1, 0.15) is 12.1 Å². The molecule has 0 aromatic heterocycles. The third kappa shape index (κ3) is 20.5. The van der Waals surface area contributed by atoms with Crippen LogP contribution in [-0.2, 0) is 59.0 Å². The maximum atomic E-state index is 14.5. The van der Waals surface area contributed by atoms with Crippen molar-refractivity contribution in [1.82, 2.24) is 40.9 Å². The molecule has 11 atom stereocenters. The van der Waals surface area contributed by atoms with Gasteiger partial charge in [-0.15, -0.1) is 0 Å². The van der Waals surface area contributed by atoms with Gasteiger partial charge in [-0.3, -0.25) is 48.1 Å². The molecule has 2 aliphatic heterocycles. The minimum atomic E-state index is -0.964. The van der Waals surface area contributed by atoms with Gasteiger partial charge >= 0.3 is 5.97 Å². The first-order valence-electron chi connectivity index (χ1n) is 29.1. The maximum Gasteiger partial charge on any atom is 0.306 e. The number of rotatable bonds is 33. The van der Waals surface area contributed by atoms with Crippen molar-refractivity contribution < 1.29 is 57.7 Å². The molecule has 82 heavy (non-hydrogen) atoms. The number of benzene rings is 1. The molecular weight excluding hydrogens is 1060 g/mol. The lowest BCUT2D eigenvalue weighted by Crippen LogP contribution is -2.59. The van der Waals surface area contributed by atoms with Gasteiger partial charge in [0.2, 0.25) is 47.3 Å². The Morgan fingerprint density at radius 3 is 1.93 bits per heavy atom. The predicted octanol–water partition coefficient (Wildman–Crippen LogP) is 4.36. The normalized spacial score (nSPS) is 18.4. The van der Waals surface area contributed by atoms with Crippen LogP contribution in [0.2, 0.25) is 0 Å². The quantitative estimate of drug-likeness (QED) is 0.0324. The average molecular weight is 1150 g/mol. The predicted molar refractivity (Wildman–Crippen MR) is 310 cm³/mol. The van der Waals surface area contributed by atoms with Crippen LogP contribution in [0.25, 0.3) is 10.4 Å². The number of carbonyl (C=O) groups excluding carboxylic acids is 8. The number of carbonyl (C=O) groups is 9. The Balaban J connectivity index is 1.63. The van der Waals surface area contributed by atoms with Crippen molar-refractivity contribution in [2.75, 3.05) is 73.4 Å². The van der Waals surface area contributed by atoms with E-state index in [4.69, 9.17) is 9.47 Å². The summed E-state index contributed by atoms with van der Waals surface area (Å²) in [5.41, 5.74) is 10.4. The van der Waals surface area contributed by atoms with Crippen molar-refractivity contribution in [3.05, 3.63) is 40.3 Å². The van der Waals surface area contributed by atoms with Crippen molar-refractivity contribution in [1.29, 1.82) is 0 Å². The first-order chi connectivity index (χ1) is 38.7. The van der Waals surface area contributed by atoms with Crippen molar-refractivity contribution in [3.8, 4) is 0 Å². The molecular formula is C58H96N12O12. The number of amides is 8. The lowest BCUT2D eigenvalue weighted by Gasteiger charge is -2.41. The third-order valence-corrected chi connectivity index (χ3v) is 16.4. The summed E-state index contributed by atoms with van der Waals surface area (Å²) in [5, 5.41) is 27.1. The first-order valence-corrected chi connectivity index (χ1v) is 29.1. The van der Waals surface area contributed by atoms with Crippen molar-refractivity contribution in [2.45, 2.75) is 175 Å². The molecule has 2 unspecified atom stereocenters. The molecule has 0 aliphatic carbocycles. The number of piperidine rings is 1. The number of azide groups is 1. The fourth-order valence-corrected chi connectivity index (χ4v) is 11.2. The van der Waals surface area contributed by atoms with Gasteiger partial charge in [-0.25, -0.2) is 0 Å². The number of carboxylic acid groups (broad SMARTS) is 1. The summed E-state index contributed by atoms with van der Waals surface area (Å²) in [7, 11) is 8.40. The molecule has 24 nitrogen and oxygen atoms in total. The highest BCUT2D eigenvalue weighted by molar-refractivity contribution is 5.96. The molecule has 2 fully saturated rings. The largest absolute Gasteiger partial charge is 0.481 e. The van der Waals surface area contributed by atoms with E-state index in [9.17, 15) is 53.8 Å². The topological polar surface area (TPSA) is 314 Å². The Hall–Kier alpha value is -6.36. The molecule has 0 saturated carbocycles. The number of nitrogens with zero attached hydrogens (tertiary/aromatic N) is 7. The zero-order chi connectivity index (χ0) is 61.5. The van der Waals surface area contributed by atoms with E-state index in [2.05, 4.69) is 36.6 Å². The Morgan fingerprint density at radius 2 is 1.39 bits per heavy atom. The van der Waals surface area contributed by atoms with Crippen LogP contribution in [0.3, 0.4) is 0 Å². The molecule has 2 saturated heterocycles. The van der Waals surface area contributed by atoms with Gasteiger partial charge in [0.15, 0.2) is 0 Å². The van der Waals surface area contributed by atoms with Gasteiger partial charge in [0.05, 0.1) is 55.1 Å². The summed E-state index contributed by atoms with van der Waals surface area (Å²) in [4.78, 5) is 129. The maximum absolute atomic E-state index is 14.5. The summed E-state index contributed by atoms with van der Waals surface area (Å²) in [6.07, 6.45) is 1.71. The van der Waals surface area contributed by atoms with Gasteiger partial charge in [-0.05, 0) is 93.1 Å². The molecule has 0 spiro atoms. The zero-order valence-corrected chi connectivity index (χ0v) is 51.1. The highest BCUT2D eigenvalue weighted by atomic mass is 16.5. The highest BCUT2D eigenvalue weighted by Crippen LogP contribution is 2.30. The van der Waals surface area contributed by atoms with Gasteiger partial charge in [0.25, 0.3) is 0 Å². The molecule has 6 N–H and O–H groups in total. The number of ether oxygens (including phenoxy) is 2. The van der Waals surface area contributed by atoms with Crippen LogP contribution in [0.1, 0.15) is 126 Å². The van der Waals surface area contributed by atoms with Crippen molar-refractivity contribution >= 4 is 58.9 Å². The Kier molecular flexibility index (Phi) is 29.2. The van der Waals surface area contributed by atoms with Gasteiger partial charge < -0.3 is 55.9 Å². The summed E-state index contributed by atoms with van der Waals surface area (Å²) >= 11 is 0. The molecule has 1 aromatic carbocycles. The van der Waals surface area contributed by atoms with Gasteiger partial charge in [0, 0.05) is 76.9 Å². The van der Waals surface area contributed by atoms with E-state index < -0.39 is 90.5 Å². The standard InChI is InChI=1S/C58H96N12O12/c1-15-36(7)50(64-45(71)23-24-47(73)69-28-25-40(26-29-69)58(79)80)55(76)60-33-46(72)62-41-21-19-39(20-22-41)30-42(32-61-66-59)63-54(75)38(9)53(82-14)43-18-17-27-70(43)48(74)31-44(81-13)52(37(8)16-2)68(12)57(78)49(34(3)4)65-56(77)51(35(5)6)67(10)11/h19-22,34-38,40,42-44,49-53H,15-18,23-33H2,1-14H3,(H,60,76)(H,62,72)(H,63,75)(H,64,71)(H,65,77)(H,79,80)/t36?,37-,38+,42-,43-,44+,49-,50-,51-,52?,53+/m0/s1. The summed E-state index contributed by atoms with van der Waals surface area (Å²) in [6.45, 7) is 17.7. The molecule has 2 heterocycles. The molecule has 0 radical (unpaired) electrons. The lowest BCUT2D eigenvalue weighted by molar-refractivity contribution is -0.148. The number of hydrogen-bond acceptors (Lipinski definition) is 13. The number of likely N-dealkylation sites (tertiary alicyclic amines) is 2. The van der Waals surface area contributed by atoms with E-state index in [1.807, 2.05) is 67.5 Å². The lowest BCUT2D eigenvalue weighted by atomic mass is 9.89. The molecule has 2 aliphatic rings. The number of methoxy groups -OCH3 is 2. The molecule has 24 heteroatoms. The first kappa shape index (κ1) is 69.9. The smallest absolute Gasteiger partial charge is 0.306 e. The second-order valence-electron chi connectivity index (χ2n) is 23.2. The van der Waals surface area contributed by atoms with E-state index in [0.29, 0.717) is 63.8 Å². The highest BCUT2D eigenvalue weighted by Gasteiger charge is 2.43. The Bertz CT molecular complexity index is 2330. The van der Waals surface area contributed by atoms with E-state index in [-0.39, 0.29) is 85.4 Å². The zero-order valence-electron chi connectivity index (χ0n) is 51.1. The van der Waals surface area contributed by atoms with Crippen LogP contribution in [0.4, 0.5) is 5.69 Å². The number of carboxylic acids is 1. The van der Waals surface area contributed by atoms with E-state index >= 15 is 0 Å². The molecule has 0 bridgehead atoms. The number of nitrogens with one attached hydrogen (secondary N) is 5. The van der Waals surface area contributed by atoms with Crippen LogP contribution in [0, 0.1) is 35.5 Å². The minimum Gasteiger partial charge on any atom is -0.481 e. The Labute approximate surface area is 485 Å². The minimum absolute atomic E-state index is 0.00309. The SMILES string of the molecule is CCC(C)[C@H](NC(=O)CCC(=O)N1CCC(C(=O)O)CC1)C(=O)NCC(=O)Nc1ccc(C[C@@H](CN=[N+]=[N-])NC(=O)[C@H](C)[C@@H](OC)[C@@H]2CCCN2C(=O)C[C@@H](OC)C([C@@H](C)CC)N(C)C(=O)[C@@H](NC(=O)[C@H](C(C)C)N(C)C)C(C)C)cc1. The number of hydrogen-bond donors (Lipinski definition) is 6. The van der Waals surface area contributed by atoms with Crippen molar-refractivity contribution in [2.24, 2.45) is 40.6 Å². The third-order valence-electron chi connectivity index (χ3n) is 16.4. The monoisotopic (exact) mass is 1150 g/mol. The van der Waals surface area contributed by atoms with E-state index in [0.717, 1.165) is 5.56 Å². The second kappa shape index (κ2) is 34.3. The molecule has 8 amide bonds. The summed E-state index contributed by atoms with van der Waals surface area (Å²) < 4.78 is 12.1. The van der Waals surface area contributed by atoms with E-state index in [1.54, 1.807) is 59.9 Å². The number of anilines is 1. The average Bonchev–Trinajstić information content (AvgIpc) is 3.99. The molecule has 460 valence electrons. The fourth-order valence-electron chi connectivity index (χ4n) is 11.2. The van der Waals surface area contributed by atoms with Crippen LogP contribution < -0.4 is 26.6 Å². The number of likely N-dealkylation sites (N-methyl/N-ethyl adjacent to an activating group) is 2. The molecule has 3 rings (SSSR count). The summed E-state index contributed by atoms with van der Waals surface area (Å²) in [5.74, 6) is -5.71.